The van der Waals surface area contributed by atoms with Crippen LogP contribution in [0.15, 0.2) is 12.4 Å². The van der Waals surface area contributed by atoms with Crippen molar-refractivity contribution in [1.29, 1.82) is 0 Å². The van der Waals surface area contributed by atoms with Gasteiger partial charge >= 0.3 is 5.97 Å². The van der Waals surface area contributed by atoms with Crippen molar-refractivity contribution in [2.24, 2.45) is 29.6 Å². The third kappa shape index (κ3) is 2.43. The molecule has 6 heteroatoms. The van der Waals surface area contributed by atoms with Crippen LogP contribution in [0.2, 0.25) is 0 Å². The van der Waals surface area contributed by atoms with Crippen molar-refractivity contribution in [1.82, 2.24) is 9.78 Å². The maximum absolute atomic E-state index is 12.8. The lowest BCUT2D eigenvalue weighted by molar-refractivity contribution is -0.146. The van der Waals surface area contributed by atoms with Crippen molar-refractivity contribution < 1.29 is 14.7 Å². The van der Waals surface area contributed by atoms with Crippen LogP contribution < -0.4 is 5.32 Å². The minimum absolute atomic E-state index is 0.0940. The van der Waals surface area contributed by atoms with Gasteiger partial charge in [-0.05, 0) is 69.6 Å². The fraction of sp³-hybridized carbons (Fsp3) is 0.722. The average Bonchev–Trinajstić information content (AvgIpc) is 2.95. The Labute approximate surface area is 141 Å². The number of aliphatic carboxylic acids is 1. The Morgan fingerprint density at radius 1 is 1.17 bits per heavy atom. The molecule has 0 aliphatic heterocycles. The first-order chi connectivity index (χ1) is 11.3. The van der Waals surface area contributed by atoms with E-state index in [1.54, 1.807) is 26.2 Å². The monoisotopic (exact) mass is 331 g/mol. The van der Waals surface area contributed by atoms with Crippen LogP contribution >= 0.6 is 0 Å². The van der Waals surface area contributed by atoms with Crippen molar-refractivity contribution in [2.45, 2.75) is 51.5 Å². The molecule has 4 bridgehead atoms. The lowest BCUT2D eigenvalue weighted by Crippen LogP contribution is -2.49. The smallest absolute Gasteiger partial charge is 0.331 e. The number of hydrogen-bond donors (Lipinski definition) is 2. The van der Waals surface area contributed by atoms with Gasteiger partial charge in [-0.3, -0.25) is 9.48 Å². The van der Waals surface area contributed by atoms with Gasteiger partial charge in [0.1, 0.15) is 0 Å². The molecule has 0 saturated heterocycles. The molecule has 4 fully saturated rings. The molecule has 24 heavy (non-hydrogen) atoms. The molecule has 5 rings (SSSR count). The van der Waals surface area contributed by atoms with E-state index in [0.29, 0.717) is 17.5 Å². The molecular weight excluding hydrogens is 306 g/mol. The molecule has 0 unspecified atom stereocenters. The van der Waals surface area contributed by atoms with Gasteiger partial charge < -0.3 is 10.4 Å². The number of aromatic nitrogens is 2. The zero-order chi connectivity index (χ0) is 17.1. The van der Waals surface area contributed by atoms with Crippen molar-refractivity contribution in [2.75, 3.05) is 5.32 Å². The number of amides is 1. The molecule has 1 aromatic rings. The van der Waals surface area contributed by atoms with Crippen molar-refractivity contribution in [3.05, 3.63) is 12.4 Å². The van der Waals surface area contributed by atoms with Crippen molar-refractivity contribution in [3.8, 4) is 0 Å². The minimum atomic E-state index is -1.13. The average molecular weight is 331 g/mol. The normalized spacial score (nSPS) is 34.3. The van der Waals surface area contributed by atoms with E-state index < -0.39 is 11.5 Å². The van der Waals surface area contributed by atoms with Crippen LogP contribution in [0.3, 0.4) is 0 Å². The summed E-state index contributed by atoms with van der Waals surface area (Å²) in [7, 11) is 0. The lowest BCUT2D eigenvalue weighted by Gasteiger charge is -2.53. The summed E-state index contributed by atoms with van der Waals surface area (Å²) in [5.74, 6) is 2.01. The van der Waals surface area contributed by atoms with E-state index in [1.807, 2.05) is 0 Å². The number of hydrogen-bond acceptors (Lipinski definition) is 3. The summed E-state index contributed by atoms with van der Waals surface area (Å²) in [5.41, 5.74) is -0.547. The highest BCUT2D eigenvalue weighted by atomic mass is 16.4. The van der Waals surface area contributed by atoms with Gasteiger partial charge in [-0.1, -0.05) is 0 Å². The summed E-state index contributed by atoms with van der Waals surface area (Å²) in [6.45, 7) is 3.18. The number of anilines is 1. The van der Waals surface area contributed by atoms with E-state index in [4.69, 9.17) is 0 Å². The highest BCUT2D eigenvalue weighted by Crippen LogP contribution is 2.56. The maximum atomic E-state index is 12.8. The molecule has 0 spiro atoms. The third-order valence-electron chi connectivity index (χ3n) is 6.48. The van der Waals surface area contributed by atoms with E-state index in [0.717, 1.165) is 11.8 Å². The van der Waals surface area contributed by atoms with E-state index in [9.17, 15) is 14.7 Å². The van der Waals surface area contributed by atoms with Gasteiger partial charge in [0.25, 0.3) is 0 Å². The third-order valence-corrected chi connectivity index (χ3v) is 6.48. The molecule has 130 valence electrons. The van der Waals surface area contributed by atoms with Gasteiger partial charge in [0.2, 0.25) is 5.91 Å². The summed E-state index contributed by atoms with van der Waals surface area (Å²) in [6, 6.07) is 0. The first kappa shape index (κ1) is 15.7. The first-order valence-corrected chi connectivity index (χ1v) is 8.94. The standard InChI is InChI=1S/C18H25N3O3/c1-18(2,17(23)24)21-9-14(8-19-21)20-16(22)15-12-4-10-3-11(6-12)7-13(15)5-10/h8-13,15H,3-7H2,1-2H3,(H,20,22)(H,23,24). The molecule has 4 saturated carbocycles. The number of carbonyl (C=O) groups is 2. The van der Waals surface area contributed by atoms with E-state index in [2.05, 4.69) is 10.4 Å². The fourth-order valence-electron chi connectivity index (χ4n) is 5.37. The lowest BCUT2D eigenvalue weighted by atomic mass is 9.51. The summed E-state index contributed by atoms with van der Waals surface area (Å²) >= 11 is 0. The Morgan fingerprint density at radius 3 is 2.29 bits per heavy atom. The minimum Gasteiger partial charge on any atom is -0.479 e. The number of carbonyl (C=O) groups excluding carboxylic acids is 1. The van der Waals surface area contributed by atoms with Gasteiger partial charge in [0, 0.05) is 12.1 Å². The first-order valence-electron chi connectivity index (χ1n) is 8.94. The number of carboxylic acids is 1. The molecule has 0 radical (unpaired) electrons. The second-order valence-electron chi connectivity index (χ2n) is 8.48. The largest absolute Gasteiger partial charge is 0.479 e. The topological polar surface area (TPSA) is 84.2 Å². The Kier molecular flexibility index (Phi) is 3.48. The Bertz CT molecular complexity index is 651. The summed E-state index contributed by atoms with van der Waals surface area (Å²) in [4.78, 5) is 24.2. The predicted octanol–water partition coefficient (Wildman–Crippen LogP) is 2.71. The molecule has 4 aliphatic carbocycles. The zero-order valence-corrected chi connectivity index (χ0v) is 14.2. The second kappa shape index (κ2) is 5.33. The van der Waals surface area contributed by atoms with E-state index in [1.165, 1.54) is 36.8 Å². The van der Waals surface area contributed by atoms with Crippen LogP contribution in [0.5, 0.6) is 0 Å². The second-order valence-corrected chi connectivity index (χ2v) is 8.48. The maximum Gasteiger partial charge on any atom is 0.331 e. The van der Waals surface area contributed by atoms with E-state index >= 15 is 0 Å². The van der Waals surface area contributed by atoms with Gasteiger partial charge in [0.05, 0.1) is 11.9 Å². The summed E-state index contributed by atoms with van der Waals surface area (Å²) < 4.78 is 1.39. The quantitative estimate of drug-likeness (QED) is 0.888. The van der Waals surface area contributed by atoms with Crippen LogP contribution in [0.25, 0.3) is 0 Å². The van der Waals surface area contributed by atoms with Crippen molar-refractivity contribution in [3.63, 3.8) is 0 Å². The molecule has 0 aromatic carbocycles. The number of nitrogens with one attached hydrogen (secondary N) is 1. The molecule has 6 nitrogen and oxygen atoms in total. The van der Waals surface area contributed by atoms with Gasteiger partial charge in [0.15, 0.2) is 5.54 Å². The van der Waals surface area contributed by atoms with Crippen molar-refractivity contribution >= 4 is 17.6 Å². The Hall–Kier alpha value is -1.85. The van der Waals surface area contributed by atoms with Gasteiger partial charge in [-0.2, -0.15) is 5.10 Å². The Morgan fingerprint density at radius 2 is 1.75 bits per heavy atom. The van der Waals surface area contributed by atoms with Crippen LogP contribution in [-0.4, -0.2) is 26.8 Å². The van der Waals surface area contributed by atoms with Crippen LogP contribution in [0.4, 0.5) is 5.69 Å². The Balaban J connectivity index is 1.47. The molecule has 2 N–H and O–H groups in total. The van der Waals surface area contributed by atoms with Crippen LogP contribution in [-0.2, 0) is 15.1 Å². The molecule has 4 aliphatic rings. The van der Waals surface area contributed by atoms with Crippen LogP contribution in [0.1, 0.15) is 46.0 Å². The van der Waals surface area contributed by atoms with Crippen LogP contribution in [0, 0.1) is 29.6 Å². The SMILES string of the molecule is CC(C)(C(=O)O)n1cc(NC(=O)C2C3CC4CC(C3)CC2C4)cn1. The number of nitrogens with zero attached hydrogens (tertiary/aromatic N) is 2. The molecular formula is C18H25N3O3. The molecule has 1 amide bonds. The van der Waals surface area contributed by atoms with Gasteiger partial charge in [-0.25, -0.2) is 4.79 Å². The fourth-order valence-corrected chi connectivity index (χ4v) is 5.37. The molecule has 1 heterocycles. The summed E-state index contributed by atoms with van der Waals surface area (Å²) in [5, 5.41) is 16.4. The summed E-state index contributed by atoms with van der Waals surface area (Å²) in [6.07, 6.45) is 9.35. The van der Waals surface area contributed by atoms with Gasteiger partial charge in [-0.15, -0.1) is 0 Å². The molecule has 1 aromatic heterocycles. The molecule has 0 atom stereocenters. The highest BCUT2D eigenvalue weighted by Gasteiger charge is 2.50. The zero-order valence-electron chi connectivity index (χ0n) is 14.2. The predicted molar refractivity (Wildman–Crippen MR) is 88.3 cm³/mol. The van der Waals surface area contributed by atoms with E-state index in [-0.39, 0.29) is 11.8 Å². The number of rotatable bonds is 4. The highest BCUT2D eigenvalue weighted by molar-refractivity contribution is 5.93. The number of carboxylic acid groups (broad SMARTS) is 1.